The lowest BCUT2D eigenvalue weighted by atomic mass is 10.0. The standard InChI is InChI=1S/C16H27NO2/c1-5-13(4)15(18)11-17-10-14-8-6-7-9-16(14)19-12(2)3/h6-9,12-13,15,17-18H,5,10-11H2,1-4H3. The van der Waals surface area contributed by atoms with Gasteiger partial charge < -0.3 is 15.2 Å². The van der Waals surface area contributed by atoms with Gasteiger partial charge in [-0.25, -0.2) is 0 Å². The van der Waals surface area contributed by atoms with Crippen molar-refractivity contribution in [3.05, 3.63) is 29.8 Å². The fourth-order valence-corrected chi connectivity index (χ4v) is 1.85. The highest BCUT2D eigenvalue weighted by atomic mass is 16.5. The highest BCUT2D eigenvalue weighted by molar-refractivity contribution is 5.33. The molecule has 2 N–H and O–H groups in total. The molecule has 0 spiro atoms. The Morgan fingerprint density at radius 2 is 1.89 bits per heavy atom. The number of hydrogen-bond acceptors (Lipinski definition) is 3. The van der Waals surface area contributed by atoms with Gasteiger partial charge in [0.2, 0.25) is 0 Å². The average molecular weight is 265 g/mol. The van der Waals surface area contributed by atoms with E-state index >= 15 is 0 Å². The van der Waals surface area contributed by atoms with Crippen molar-refractivity contribution in [3.8, 4) is 5.75 Å². The maximum atomic E-state index is 9.92. The highest BCUT2D eigenvalue weighted by Crippen LogP contribution is 2.19. The van der Waals surface area contributed by atoms with Crippen LogP contribution in [0.25, 0.3) is 0 Å². The van der Waals surface area contributed by atoms with Gasteiger partial charge in [-0.2, -0.15) is 0 Å². The number of nitrogens with one attached hydrogen (secondary N) is 1. The van der Waals surface area contributed by atoms with Crippen molar-refractivity contribution in [2.24, 2.45) is 5.92 Å². The summed E-state index contributed by atoms with van der Waals surface area (Å²) in [7, 11) is 0. The third kappa shape index (κ3) is 5.62. The van der Waals surface area contributed by atoms with Crippen molar-refractivity contribution < 1.29 is 9.84 Å². The first kappa shape index (κ1) is 16.0. The molecule has 0 aliphatic carbocycles. The van der Waals surface area contributed by atoms with Gasteiger partial charge >= 0.3 is 0 Å². The van der Waals surface area contributed by atoms with Crippen molar-refractivity contribution in [2.75, 3.05) is 6.54 Å². The lowest BCUT2D eigenvalue weighted by molar-refractivity contribution is 0.112. The Labute approximate surface area is 117 Å². The summed E-state index contributed by atoms with van der Waals surface area (Å²) in [4.78, 5) is 0. The Morgan fingerprint density at radius 3 is 2.53 bits per heavy atom. The van der Waals surface area contributed by atoms with Crippen LogP contribution < -0.4 is 10.1 Å². The van der Waals surface area contributed by atoms with Gasteiger partial charge in [-0.05, 0) is 25.8 Å². The van der Waals surface area contributed by atoms with E-state index in [1.54, 1.807) is 0 Å². The largest absolute Gasteiger partial charge is 0.491 e. The van der Waals surface area contributed by atoms with E-state index in [4.69, 9.17) is 4.74 Å². The van der Waals surface area contributed by atoms with Crippen LogP contribution in [0.4, 0.5) is 0 Å². The van der Waals surface area contributed by atoms with Gasteiger partial charge in [-0.1, -0.05) is 38.5 Å². The van der Waals surface area contributed by atoms with Gasteiger partial charge in [0.25, 0.3) is 0 Å². The molecule has 2 atom stereocenters. The molecule has 108 valence electrons. The van der Waals surface area contributed by atoms with Crippen LogP contribution in [0.3, 0.4) is 0 Å². The second-order valence-corrected chi connectivity index (χ2v) is 5.36. The second kappa shape index (κ2) is 8.18. The number of benzene rings is 1. The van der Waals surface area contributed by atoms with Gasteiger partial charge in [0.1, 0.15) is 5.75 Å². The summed E-state index contributed by atoms with van der Waals surface area (Å²) < 4.78 is 5.77. The Balaban J connectivity index is 2.49. The van der Waals surface area contributed by atoms with Crippen LogP contribution in [-0.2, 0) is 6.54 Å². The Hall–Kier alpha value is -1.06. The quantitative estimate of drug-likeness (QED) is 0.759. The lowest BCUT2D eigenvalue weighted by Crippen LogP contribution is -2.31. The van der Waals surface area contributed by atoms with Crippen molar-refractivity contribution in [3.63, 3.8) is 0 Å². The van der Waals surface area contributed by atoms with Crippen molar-refractivity contribution in [1.82, 2.24) is 5.32 Å². The van der Waals surface area contributed by atoms with E-state index < -0.39 is 0 Å². The Bertz CT molecular complexity index is 366. The summed E-state index contributed by atoms with van der Waals surface area (Å²) >= 11 is 0. The van der Waals surface area contributed by atoms with Crippen LogP contribution in [0.1, 0.15) is 39.7 Å². The van der Waals surface area contributed by atoms with Crippen LogP contribution in [0.2, 0.25) is 0 Å². The first-order valence-corrected chi connectivity index (χ1v) is 7.18. The summed E-state index contributed by atoms with van der Waals surface area (Å²) in [5.41, 5.74) is 1.13. The van der Waals surface area contributed by atoms with E-state index in [0.717, 1.165) is 24.3 Å². The summed E-state index contributed by atoms with van der Waals surface area (Å²) in [5, 5.41) is 13.2. The first-order chi connectivity index (χ1) is 9.04. The van der Waals surface area contributed by atoms with Crippen LogP contribution in [0, 0.1) is 5.92 Å². The fourth-order valence-electron chi connectivity index (χ4n) is 1.85. The van der Waals surface area contributed by atoms with E-state index in [-0.39, 0.29) is 12.2 Å². The molecule has 0 saturated heterocycles. The lowest BCUT2D eigenvalue weighted by Gasteiger charge is -2.19. The van der Waals surface area contributed by atoms with Gasteiger partial charge in [0, 0.05) is 18.7 Å². The first-order valence-electron chi connectivity index (χ1n) is 7.18. The van der Waals surface area contributed by atoms with Gasteiger partial charge in [-0.15, -0.1) is 0 Å². The van der Waals surface area contributed by atoms with E-state index in [0.29, 0.717) is 12.5 Å². The molecule has 2 unspecified atom stereocenters. The Morgan fingerprint density at radius 1 is 1.21 bits per heavy atom. The molecule has 0 heterocycles. The van der Waals surface area contributed by atoms with Crippen LogP contribution in [0.5, 0.6) is 5.75 Å². The smallest absolute Gasteiger partial charge is 0.124 e. The monoisotopic (exact) mass is 265 g/mol. The molecule has 0 saturated carbocycles. The molecule has 3 nitrogen and oxygen atoms in total. The highest BCUT2D eigenvalue weighted by Gasteiger charge is 2.12. The minimum Gasteiger partial charge on any atom is -0.491 e. The third-order valence-corrected chi connectivity index (χ3v) is 3.31. The molecule has 0 aliphatic rings. The molecular formula is C16H27NO2. The van der Waals surface area contributed by atoms with Gasteiger partial charge in [-0.3, -0.25) is 0 Å². The molecule has 3 heteroatoms. The molecule has 0 aliphatic heterocycles. The third-order valence-electron chi connectivity index (χ3n) is 3.31. The molecule has 0 bridgehead atoms. The van der Waals surface area contributed by atoms with E-state index in [9.17, 15) is 5.11 Å². The molecule has 1 aromatic carbocycles. The zero-order valence-corrected chi connectivity index (χ0v) is 12.5. The molecule has 1 rings (SSSR count). The summed E-state index contributed by atoms with van der Waals surface area (Å²) in [5.74, 6) is 1.25. The van der Waals surface area contributed by atoms with E-state index in [2.05, 4.69) is 25.2 Å². The molecular weight excluding hydrogens is 238 g/mol. The minimum absolute atomic E-state index is 0.173. The van der Waals surface area contributed by atoms with E-state index in [1.807, 2.05) is 32.0 Å². The topological polar surface area (TPSA) is 41.5 Å². The van der Waals surface area contributed by atoms with Crippen LogP contribution in [0.15, 0.2) is 24.3 Å². The summed E-state index contributed by atoms with van der Waals surface area (Å²) in [6, 6.07) is 8.03. The molecule has 0 fully saturated rings. The number of ether oxygens (including phenoxy) is 1. The van der Waals surface area contributed by atoms with Crippen LogP contribution in [-0.4, -0.2) is 23.9 Å². The maximum Gasteiger partial charge on any atom is 0.124 e. The number of aliphatic hydroxyl groups is 1. The Kier molecular flexibility index (Phi) is 6.89. The molecule has 0 amide bonds. The number of hydrogen-bond donors (Lipinski definition) is 2. The van der Waals surface area contributed by atoms with Gasteiger partial charge in [0.15, 0.2) is 0 Å². The van der Waals surface area contributed by atoms with E-state index in [1.165, 1.54) is 0 Å². The maximum absolute atomic E-state index is 9.92. The average Bonchev–Trinajstić information content (AvgIpc) is 2.39. The zero-order valence-electron chi connectivity index (χ0n) is 12.5. The number of para-hydroxylation sites is 1. The number of rotatable bonds is 8. The summed E-state index contributed by atoms with van der Waals surface area (Å²) in [6.07, 6.45) is 0.880. The van der Waals surface area contributed by atoms with Crippen LogP contribution >= 0.6 is 0 Å². The molecule has 19 heavy (non-hydrogen) atoms. The zero-order chi connectivity index (χ0) is 14.3. The molecule has 0 aromatic heterocycles. The predicted octanol–water partition coefficient (Wildman–Crippen LogP) is 2.97. The summed E-state index contributed by atoms with van der Waals surface area (Å²) in [6.45, 7) is 9.55. The fraction of sp³-hybridized carbons (Fsp3) is 0.625. The minimum atomic E-state index is -0.289. The second-order valence-electron chi connectivity index (χ2n) is 5.36. The normalized spacial score (nSPS) is 14.4. The van der Waals surface area contributed by atoms with Crippen molar-refractivity contribution in [1.29, 1.82) is 0 Å². The number of aliphatic hydroxyl groups excluding tert-OH is 1. The van der Waals surface area contributed by atoms with Gasteiger partial charge in [0.05, 0.1) is 12.2 Å². The van der Waals surface area contributed by atoms with Crippen molar-refractivity contribution >= 4 is 0 Å². The SMILES string of the molecule is CCC(C)C(O)CNCc1ccccc1OC(C)C. The molecule has 0 radical (unpaired) electrons. The molecule has 1 aromatic rings. The predicted molar refractivity (Wildman–Crippen MR) is 79.4 cm³/mol. The van der Waals surface area contributed by atoms with Crippen molar-refractivity contribution in [2.45, 2.75) is 52.9 Å².